The molecule has 0 spiro atoms. The predicted molar refractivity (Wildman–Crippen MR) is 102 cm³/mol. The zero-order valence-corrected chi connectivity index (χ0v) is 14.8. The molecule has 0 saturated carbocycles. The van der Waals surface area contributed by atoms with Gasteiger partial charge in [-0.3, -0.25) is 19.7 Å². The molecule has 9 nitrogen and oxygen atoms in total. The summed E-state index contributed by atoms with van der Waals surface area (Å²) in [6, 6.07) is 14.0. The lowest BCUT2D eigenvalue weighted by atomic mass is 10.1. The summed E-state index contributed by atoms with van der Waals surface area (Å²) in [5.41, 5.74) is 0.00674. The van der Waals surface area contributed by atoms with Crippen molar-refractivity contribution in [1.82, 2.24) is 9.97 Å². The maximum atomic E-state index is 12.5. The van der Waals surface area contributed by atoms with Gasteiger partial charge in [-0.1, -0.05) is 24.3 Å². The van der Waals surface area contributed by atoms with Gasteiger partial charge in [0.15, 0.2) is 0 Å². The number of nitrogens with one attached hydrogen (secondary N) is 2. The number of nitro groups is 1. The summed E-state index contributed by atoms with van der Waals surface area (Å²) in [5, 5.41) is 13.5. The standard InChI is InChI=1S/C19H16N4O5/c1-28-13-8-6-12(7-9-13)10-17-20-15(11-18(24)22-17)19(25)21-14-4-2-3-5-16(14)23(26)27/h2-9,11H,10H2,1H3,(H,21,25)(H,20,22,24). The third-order valence-corrected chi connectivity index (χ3v) is 3.90. The molecule has 0 fully saturated rings. The van der Waals surface area contributed by atoms with E-state index in [9.17, 15) is 19.7 Å². The van der Waals surface area contributed by atoms with Crippen molar-refractivity contribution >= 4 is 17.3 Å². The van der Waals surface area contributed by atoms with Gasteiger partial charge in [-0.05, 0) is 23.8 Å². The number of nitro benzene ring substituents is 1. The topological polar surface area (TPSA) is 127 Å². The molecule has 0 saturated heterocycles. The van der Waals surface area contributed by atoms with E-state index < -0.39 is 16.4 Å². The van der Waals surface area contributed by atoms with Crippen LogP contribution in [0.2, 0.25) is 0 Å². The Morgan fingerprint density at radius 3 is 2.61 bits per heavy atom. The van der Waals surface area contributed by atoms with Gasteiger partial charge in [0, 0.05) is 18.6 Å². The number of nitrogens with zero attached hydrogens (tertiary/aromatic N) is 2. The van der Waals surface area contributed by atoms with Gasteiger partial charge in [0.05, 0.1) is 12.0 Å². The fourth-order valence-electron chi connectivity index (χ4n) is 2.57. The number of methoxy groups -OCH3 is 1. The van der Waals surface area contributed by atoms with Crippen LogP contribution in [-0.2, 0) is 6.42 Å². The Kier molecular flexibility index (Phi) is 5.45. The maximum Gasteiger partial charge on any atom is 0.292 e. The van der Waals surface area contributed by atoms with Crippen molar-refractivity contribution in [3.63, 3.8) is 0 Å². The first-order valence-electron chi connectivity index (χ1n) is 8.24. The fourth-order valence-corrected chi connectivity index (χ4v) is 2.57. The molecule has 1 amide bonds. The average Bonchev–Trinajstić information content (AvgIpc) is 2.68. The zero-order valence-electron chi connectivity index (χ0n) is 14.8. The quantitative estimate of drug-likeness (QED) is 0.500. The third kappa shape index (κ3) is 4.39. The van der Waals surface area contributed by atoms with Gasteiger partial charge < -0.3 is 15.0 Å². The highest BCUT2D eigenvalue weighted by atomic mass is 16.6. The summed E-state index contributed by atoms with van der Waals surface area (Å²) in [4.78, 5) is 41.6. The molecule has 28 heavy (non-hydrogen) atoms. The van der Waals surface area contributed by atoms with Crippen molar-refractivity contribution in [2.24, 2.45) is 0 Å². The molecule has 3 aromatic rings. The highest BCUT2D eigenvalue weighted by molar-refractivity contribution is 6.04. The molecule has 9 heteroatoms. The summed E-state index contributed by atoms with van der Waals surface area (Å²) < 4.78 is 5.10. The van der Waals surface area contributed by atoms with Gasteiger partial charge in [-0.25, -0.2) is 4.98 Å². The fraction of sp³-hybridized carbons (Fsp3) is 0.105. The minimum absolute atomic E-state index is 0.0243. The average molecular weight is 380 g/mol. The van der Waals surface area contributed by atoms with Gasteiger partial charge in [-0.15, -0.1) is 0 Å². The molecule has 2 aromatic carbocycles. The molecular formula is C19H16N4O5. The lowest BCUT2D eigenvalue weighted by Gasteiger charge is -2.07. The van der Waals surface area contributed by atoms with Crippen LogP contribution in [-0.4, -0.2) is 27.9 Å². The first-order chi connectivity index (χ1) is 13.5. The van der Waals surface area contributed by atoms with E-state index in [1.807, 2.05) is 12.1 Å². The minimum Gasteiger partial charge on any atom is -0.497 e. The van der Waals surface area contributed by atoms with E-state index in [1.165, 1.54) is 18.2 Å². The van der Waals surface area contributed by atoms with Gasteiger partial charge in [-0.2, -0.15) is 0 Å². The molecule has 2 N–H and O–H groups in total. The van der Waals surface area contributed by atoms with Crippen LogP contribution in [0.15, 0.2) is 59.4 Å². The van der Waals surface area contributed by atoms with Crippen LogP contribution in [0.4, 0.5) is 11.4 Å². The smallest absolute Gasteiger partial charge is 0.292 e. The van der Waals surface area contributed by atoms with Gasteiger partial charge in [0.1, 0.15) is 23.0 Å². The number of ether oxygens (including phenoxy) is 1. The molecule has 0 atom stereocenters. The first-order valence-corrected chi connectivity index (χ1v) is 8.24. The van der Waals surface area contributed by atoms with Crippen LogP contribution >= 0.6 is 0 Å². The number of aromatic amines is 1. The summed E-state index contributed by atoms with van der Waals surface area (Å²) in [6.07, 6.45) is 0.297. The van der Waals surface area contributed by atoms with Gasteiger partial charge in [0.2, 0.25) is 0 Å². The molecule has 0 aliphatic heterocycles. The third-order valence-electron chi connectivity index (χ3n) is 3.90. The van der Waals surface area contributed by atoms with Crippen LogP contribution < -0.4 is 15.6 Å². The van der Waals surface area contributed by atoms with E-state index in [0.717, 1.165) is 11.6 Å². The summed E-state index contributed by atoms with van der Waals surface area (Å²) >= 11 is 0. The summed E-state index contributed by atoms with van der Waals surface area (Å²) in [6.45, 7) is 0. The van der Waals surface area contributed by atoms with Crippen molar-refractivity contribution in [2.75, 3.05) is 12.4 Å². The van der Waals surface area contributed by atoms with Crippen LogP contribution in [0.1, 0.15) is 21.9 Å². The summed E-state index contributed by atoms with van der Waals surface area (Å²) in [7, 11) is 1.56. The Morgan fingerprint density at radius 1 is 1.21 bits per heavy atom. The van der Waals surface area contributed by atoms with Crippen LogP contribution in [0.25, 0.3) is 0 Å². The number of benzene rings is 2. The minimum atomic E-state index is -0.712. The number of para-hydroxylation sites is 2. The Balaban J connectivity index is 1.83. The second kappa shape index (κ2) is 8.12. The number of anilines is 1. The Hall–Kier alpha value is -4.01. The predicted octanol–water partition coefficient (Wildman–Crippen LogP) is 2.53. The first kappa shape index (κ1) is 18.8. The van der Waals surface area contributed by atoms with Gasteiger partial charge >= 0.3 is 0 Å². The Labute approximate surface area is 159 Å². The molecule has 1 heterocycles. The number of aromatic nitrogens is 2. The zero-order chi connectivity index (χ0) is 20.1. The highest BCUT2D eigenvalue weighted by Gasteiger charge is 2.17. The number of rotatable bonds is 6. The molecule has 3 rings (SSSR count). The number of hydrogen-bond donors (Lipinski definition) is 2. The molecular weight excluding hydrogens is 364 g/mol. The molecule has 0 aliphatic carbocycles. The van der Waals surface area contributed by atoms with Crippen molar-refractivity contribution in [3.05, 3.63) is 92.1 Å². The van der Waals surface area contributed by atoms with E-state index in [1.54, 1.807) is 25.3 Å². The second-order valence-electron chi connectivity index (χ2n) is 5.83. The van der Waals surface area contributed by atoms with E-state index >= 15 is 0 Å². The van der Waals surface area contributed by atoms with Crippen molar-refractivity contribution in [3.8, 4) is 5.75 Å². The number of hydrogen-bond acceptors (Lipinski definition) is 6. The molecule has 0 aliphatic rings. The monoisotopic (exact) mass is 380 g/mol. The van der Waals surface area contributed by atoms with Crippen molar-refractivity contribution in [2.45, 2.75) is 6.42 Å². The molecule has 0 radical (unpaired) electrons. The summed E-state index contributed by atoms with van der Waals surface area (Å²) in [5.74, 6) is 0.282. The molecule has 0 bridgehead atoms. The van der Waals surface area contributed by atoms with Crippen molar-refractivity contribution in [1.29, 1.82) is 0 Å². The van der Waals surface area contributed by atoms with Crippen molar-refractivity contribution < 1.29 is 14.5 Å². The highest BCUT2D eigenvalue weighted by Crippen LogP contribution is 2.23. The van der Waals surface area contributed by atoms with Crippen LogP contribution in [0.5, 0.6) is 5.75 Å². The molecule has 1 aromatic heterocycles. The number of amides is 1. The van der Waals surface area contributed by atoms with Crippen LogP contribution in [0.3, 0.4) is 0 Å². The van der Waals surface area contributed by atoms with Gasteiger partial charge in [0.25, 0.3) is 17.2 Å². The Morgan fingerprint density at radius 2 is 1.93 bits per heavy atom. The second-order valence-corrected chi connectivity index (χ2v) is 5.83. The molecule has 0 unspecified atom stereocenters. The Bertz CT molecular complexity index is 1080. The van der Waals surface area contributed by atoms with Crippen LogP contribution in [0, 0.1) is 10.1 Å². The number of carbonyl (C=O) groups excluding carboxylic acids is 1. The van der Waals surface area contributed by atoms with E-state index in [0.29, 0.717) is 18.0 Å². The van der Waals surface area contributed by atoms with E-state index in [2.05, 4.69) is 15.3 Å². The number of H-pyrrole nitrogens is 1. The number of carbonyl (C=O) groups is 1. The largest absolute Gasteiger partial charge is 0.497 e. The van der Waals surface area contributed by atoms with E-state index in [4.69, 9.17) is 4.74 Å². The lowest BCUT2D eigenvalue weighted by Crippen LogP contribution is -2.21. The molecule has 142 valence electrons. The van der Waals surface area contributed by atoms with E-state index in [-0.39, 0.29) is 17.1 Å². The lowest BCUT2D eigenvalue weighted by molar-refractivity contribution is -0.383. The maximum absolute atomic E-state index is 12.5. The normalized spacial score (nSPS) is 10.3. The SMILES string of the molecule is COc1ccc(Cc2nc(C(=O)Nc3ccccc3[N+](=O)[O-])cc(=O)[nH]2)cc1.